The smallest absolute Gasteiger partial charge is 0.412 e. The van der Waals surface area contributed by atoms with Crippen LogP contribution >= 0.6 is 0 Å². The molecule has 0 unspecified atom stereocenters. The molecule has 4 rings (SSSR count). The molecule has 0 N–H and O–H groups in total. The van der Waals surface area contributed by atoms with Crippen molar-refractivity contribution in [1.29, 1.82) is 0 Å². The summed E-state index contributed by atoms with van der Waals surface area (Å²) in [5.41, 5.74) is 3.41. The number of hydrogen-bond acceptors (Lipinski definition) is 8. The van der Waals surface area contributed by atoms with Gasteiger partial charge in [-0.3, -0.25) is 9.69 Å². The van der Waals surface area contributed by atoms with E-state index in [0.29, 0.717) is 30.3 Å². The van der Waals surface area contributed by atoms with Crippen LogP contribution in [0.2, 0.25) is 0 Å². The summed E-state index contributed by atoms with van der Waals surface area (Å²) >= 11 is 0. The van der Waals surface area contributed by atoms with Crippen LogP contribution in [0.5, 0.6) is 17.2 Å². The van der Waals surface area contributed by atoms with Gasteiger partial charge in [0.25, 0.3) is 0 Å². The molecule has 10 heteroatoms. The summed E-state index contributed by atoms with van der Waals surface area (Å²) in [4.78, 5) is 29.9. The number of ether oxygens (including phenoxy) is 6. The first-order valence-electron chi connectivity index (χ1n) is 13.0. The van der Waals surface area contributed by atoms with Crippen molar-refractivity contribution < 1.29 is 38.0 Å². The topological polar surface area (TPSA) is 96.0 Å². The van der Waals surface area contributed by atoms with Gasteiger partial charge < -0.3 is 33.3 Å². The third-order valence-corrected chi connectivity index (χ3v) is 7.21. The van der Waals surface area contributed by atoms with E-state index < -0.39 is 24.4 Å². The van der Waals surface area contributed by atoms with Crippen LogP contribution in [-0.2, 0) is 32.0 Å². The Hall–Kier alpha value is -3.50. The second kappa shape index (κ2) is 12.1. The number of nitrogens with zero attached hydrogens (tertiary/aromatic N) is 2. The molecule has 2 aromatic rings. The fourth-order valence-corrected chi connectivity index (χ4v) is 5.71. The van der Waals surface area contributed by atoms with Crippen molar-refractivity contribution in [3.8, 4) is 17.2 Å². The predicted molar refractivity (Wildman–Crippen MR) is 143 cm³/mol. The van der Waals surface area contributed by atoms with Crippen molar-refractivity contribution >= 4 is 12.0 Å². The number of fused-ring (bicyclic) bond motifs is 2. The van der Waals surface area contributed by atoms with Crippen LogP contribution in [-0.4, -0.2) is 81.8 Å². The monoisotopic (exact) mass is 542 g/mol. The number of carbonyl (C=O) groups is 2. The summed E-state index contributed by atoms with van der Waals surface area (Å²) in [6, 6.07) is 8.76. The Bertz CT molecular complexity index is 1190. The summed E-state index contributed by atoms with van der Waals surface area (Å²) < 4.78 is 35.0. The largest absolute Gasteiger partial charge is 0.496 e. The van der Waals surface area contributed by atoms with Crippen LogP contribution in [0.3, 0.4) is 0 Å². The molecule has 0 spiro atoms. The lowest BCUT2D eigenvalue weighted by molar-refractivity contribution is -0.169. The molecule has 2 aliphatic heterocycles. The quantitative estimate of drug-likeness (QED) is 0.471. The summed E-state index contributed by atoms with van der Waals surface area (Å²) in [6.07, 6.45) is -1.31. The maximum Gasteiger partial charge on any atom is 0.412 e. The third-order valence-electron chi connectivity index (χ3n) is 7.21. The number of piperazine rings is 1. The molecule has 0 bridgehead atoms. The molecule has 3 atom stereocenters. The van der Waals surface area contributed by atoms with E-state index in [9.17, 15) is 9.59 Å². The second-order valence-corrected chi connectivity index (χ2v) is 9.89. The maximum absolute atomic E-state index is 13.8. The Kier molecular flexibility index (Phi) is 8.87. The highest BCUT2D eigenvalue weighted by atomic mass is 16.6. The molecule has 1 fully saturated rings. The number of methoxy groups -OCH3 is 4. The molecule has 2 amide bonds. The van der Waals surface area contributed by atoms with Crippen LogP contribution in [0.1, 0.15) is 42.1 Å². The predicted octanol–water partition coefficient (Wildman–Crippen LogP) is 3.87. The van der Waals surface area contributed by atoms with Gasteiger partial charge in [-0.15, -0.1) is 0 Å². The molecule has 2 heterocycles. The van der Waals surface area contributed by atoms with E-state index in [1.54, 1.807) is 40.1 Å². The lowest BCUT2D eigenvalue weighted by atomic mass is 9.83. The average Bonchev–Trinajstić information content (AvgIpc) is 2.92. The normalized spacial score (nSPS) is 20.4. The van der Waals surface area contributed by atoms with Gasteiger partial charge in [-0.05, 0) is 26.3 Å². The fraction of sp³-hybridized carbons (Fsp3) is 0.517. The van der Waals surface area contributed by atoms with Gasteiger partial charge in [0.05, 0.1) is 52.7 Å². The van der Waals surface area contributed by atoms with Gasteiger partial charge in [-0.25, -0.2) is 4.79 Å². The molecule has 39 heavy (non-hydrogen) atoms. The Morgan fingerprint density at radius 3 is 2.26 bits per heavy atom. The van der Waals surface area contributed by atoms with Gasteiger partial charge >= 0.3 is 6.09 Å². The van der Waals surface area contributed by atoms with Crippen LogP contribution in [0, 0.1) is 6.92 Å². The molecule has 0 saturated carbocycles. The van der Waals surface area contributed by atoms with E-state index in [0.717, 1.165) is 22.3 Å². The SMILES string of the molecule is COc1c(C)c(OC)c(OC)c2c1C[C@@H]1[C@H](OC)N(C(=O)OC(C)C)CC(=O)N1[C@@H]2COCc1ccccc1. The molecule has 10 nitrogen and oxygen atoms in total. The standard InChI is InChI=1S/C29H38N2O8/c1-17(2)39-29(33)30-14-23(32)31-21(28(30)37-7)13-20-24(22(31)16-38-15-19-11-9-8-10-12-19)27(36-6)26(35-5)18(3)25(20)34-4/h8-12,17,21-22,28H,13-16H2,1-7H3/t21-,22-,28+/m1/s1. The second-order valence-electron chi connectivity index (χ2n) is 9.89. The third kappa shape index (κ3) is 5.35. The first kappa shape index (κ1) is 28.5. The van der Waals surface area contributed by atoms with Crippen LogP contribution in [0.4, 0.5) is 4.79 Å². The highest BCUT2D eigenvalue weighted by molar-refractivity contribution is 5.85. The van der Waals surface area contributed by atoms with Crippen LogP contribution in [0.15, 0.2) is 30.3 Å². The summed E-state index contributed by atoms with van der Waals surface area (Å²) in [5, 5.41) is 0. The molecular weight excluding hydrogens is 504 g/mol. The lowest BCUT2D eigenvalue weighted by Crippen LogP contribution is -2.67. The molecule has 212 valence electrons. The van der Waals surface area contributed by atoms with Gasteiger partial charge in [-0.2, -0.15) is 0 Å². The molecule has 2 aromatic carbocycles. The van der Waals surface area contributed by atoms with E-state index in [4.69, 9.17) is 28.4 Å². The van der Waals surface area contributed by atoms with Crippen molar-refractivity contribution in [3.05, 3.63) is 52.6 Å². The van der Waals surface area contributed by atoms with Gasteiger partial charge in [0.1, 0.15) is 12.3 Å². The zero-order chi connectivity index (χ0) is 28.3. The number of rotatable bonds is 9. The zero-order valence-electron chi connectivity index (χ0n) is 23.7. The molecule has 0 aromatic heterocycles. The first-order chi connectivity index (χ1) is 18.8. The highest BCUT2D eigenvalue weighted by Crippen LogP contribution is 2.51. The Morgan fingerprint density at radius 1 is 1.00 bits per heavy atom. The highest BCUT2D eigenvalue weighted by Gasteiger charge is 2.51. The minimum atomic E-state index is -0.739. The molecule has 0 radical (unpaired) electrons. The van der Waals surface area contributed by atoms with E-state index in [1.165, 1.54) is 12.0 Å². The summed E-state index contributed by atoms with van der Waals surface area (Å²) in [7, 11) is 6.29. The lowest BCUT2D eigenvalue weighted by Gasteiger charge is -2.52. The summed E-state index contributed by atoms with van der Waals surface area (Å²) in [5.74, 6) is 1.46. The van der Waals surface area contributed by atoms with Gasteiger partial charge in [-0.1, -0.05) is 30.3 Å². The van der Waals surface area contributed by atoms with Crippen molar-refractivity contribution in [2.45, 2.75) is 58.2 Å². The molecule has 2 aliphatic rings. The van der Waals surface area contributed by atoms with E-state index in [1.807, 2.05) is 37.3 Å². The van der Waals surface area contributed by atoms with Gasteiger partial charge in [0.2, 0.25) is 5.91 Å². The Balaban J connectivity index is 1.82. The summed E-state index contributed by atoms with van der Waals surface area (Å²) in [6.45, 7) is 5.79. The average molecular weight is 543 g/mol. The maximum atomic E-state index is 13.8. The zero-order valence-corrected chi connectivity index (χ0v) is 23.7. The van der Waals surface area contributed by atoms with Crippen molar-refractivity contribution in [1.82, 2.24) is 9.80 Å². The molecule has 1 saturated heterocycles. The number of benzene rings is 2. The molecular formula is C29H38N2O8. The van der Waals surface area contributed by atoms with E-state index in [2.05, 4.69) is 0 Å². The van der Waals surface area contributed by atoms with Crippen LogP contribution in [0.25, 0.3) is 0 Å². The van der Waals surface area contributed by atoms with Gasteiger partial charge in [0.15, 0.2) is 17.7 Å². The Labute approximate surface area is 229 Å². The van der Waals surface area contributed by atoms with Crippen molar-refractivity contribution in [2.75, 3.05) is 41.6 Å². The fourth-order valence-electron chi connectivity index (χ4n) is 5.71. The first-order valence-corrected chi connectivity index (χ1v) is 13.0. The van der Waals surface area contributed by atoms with Gasteiger partial charge in [0, 0.05) is 30.2 Å². The number of carbonyl (C=O) groups excluding carboxylic acids is 2. The number of amides is 2. The Morgan fingerprint density at radius 2 is 1.67 bits per heavy atom. The minimum Gasteiger partial charge on any atom is -0.496 e. The van der Waals surface area contributed by atoms with E-state index in [-0.39, 0.29) is 25.2 Å². The minimum absolute atomic E-state index is 0.183. The molecule has 0 aliphatic carbocycles. The number of hydrogen-bond donors (Lipinski definition) is 0. The van der Waals surface area contributed by atoms with Crippen LogP contribution < -0.4 is 14.2 Å². The van der Waals surface area contributed by atoms with Crippen molar-refractivity contribution in [2.24, 2.45) is 0 Å². The van der Waals surface area contributed by atoms with Crippen molar-refractivity contribution in [3.63, 3.8) is 0 Å². The van der Waals surface area contributed by atoms with E-state index >= 15 is 0 Å².